The van der Waals surface area contributed by atoms with Crippen LogP contribution in [0.5, 0.6) is 0 Å². The van der Waals surface area contributed by atoms with Gasteiger partial charge in [-0.25, -0.2) is 0 Å². The van der Waals surface area contributed by atoms with Gasteiger partial charge in [0.25, 0.3) is 0 Å². The molecule has 102 valence electrons. The monoisotopic (exact) mass is 296 g/mol. The van der Waals surface area contributed by atoms with Gasteiger partial charge < -0.3 is 5.32 Å². The molecule has 0 aromatic carbocycles. The number of hydrogen-bond donors (Lipinski definition) is 1. The maximum absolute atomic E-state index is 10.6. The van der Waals surface area contributed by atoms with E-state index in [-0.39, 0.29) is 9.92 Å². The molecule has 4 nitrogen and oxygen atoms in total. The number of hydrogen-bond acceptors (Lipinski definition) is 5. The first-order chi connectivity index (χ1) is 9.04. The number of thiophene rings is 2. The predicted octanol–water partition coefficient (Wildman–Crippen LogP) is 3.75. The van der Waals surface area contributed by atoms with Gasteiger partial charge in [-0.1, -0.05) is 11.3 Å². The molecule has 1 atom stereocenters. The Balaban J connectivity index is 1.82. The Morgan fingerprint density at radius 2 is 2.26 bits per heavy atom. The average molecular weight is 296 g/mol. The molecule has 2 aromatic heterocycles. The fraction of sp³-hybridized carbons (Fsp3) is 0.385. The topological polar surface area (TPSA) is 55.2 Å². The molecular formula is C13H16N2O2S2. The Kier molecular flexibility index (Phi) is 4.68. The van der Waals surface area contributed by atoms with E-state index in [9.17, 15) is 10.1 Å². The van der Waals surface area contributed by atoms with Crippen LogP contribution in [-0.2, 0) is 13.0 Å². The van der Waals surface area contributed by atoms with Gasteiger partial charge in [-0.15, -0.1) is 11.3 Å². The lowest BCUT2D eigenvalue weighted by Gasteiger charge is -2.11. The molecule has 0 aliphatic rings. The maximum Gasteiger partial charge on any atom is 0.324 e. The summed E-state index contributed by atoms with van der Waals surface area (Å²) in [6, 6.07) is 6.29. The lowest BCUT2D eigenvalue weighted by molar-refractivity contribution is -0.380. The van der Waals surface area contributed by atoms with Crippen molar-refractivity contribution in [2.75, 3.05) is 0 Å². The van der Waals surface area contributed by atoms with Crippen LogP contribution in [0.15, 0.2) is 23.6 Å². The lowest BCUT2D eigenvalue weighted by atomic mass is 10.2. The molecule has 0 radical (unpaired) electrons. The second-order valence-electron chi connectivity index (χ2n) is 4.55. The Labute approximate surface area is 120 Å². The fourth-order valence-corrected chi connectivity index (χ4v) is 3.56. The molecule has 2 heterocycles. The van der Waals surface area contributed by atoms with Crippen LogP contribution in [0.25, 0.3) is 0 Å². The zero-order valence-corrected chi connectivity index (χ0v) is 12.5. The Hall–Kier alpha value is -1.24. The first kappa shape index (κ1) is 14.2. The number of nitrogens with one attached hydrogen (secondary N) is 1. The highest BCUT2D eigenvalue weighted by Crippen LogP contribution is 2.22. The van der Waals surface area contributed by atoms with E-state index in [1.165, 1.54) is 21.1 Å². The summed E-state index contributed by atoms with van der Waals surface area (Å²) in [5.41, 5.74) is 0.978. The predicted molar refractivity (Wildman–Crippen MR) is 80.0 cm³/mol. The van der Waals surface area contributed by atoms with E-state index in [4.69, 9.17) is 0 Å². The average Bonchev–Trinajstić information content (AvgIpc) is 2.96. The minimum atomic E-state index is -0.341. The first-order valence-electron chi connectivity index (χ1n) is 6.05. The molecule has 1 N–H and O–H groups in total. The van der Waals surface area contributed by atoms with Gasteiger partial charge >= 0.3 is 5.00 Å². The van der Waals surface area contributed by atoms with Gasteiger partial charge in [0.15, 0.2) is 0 Å². The number of rotatable bonds is 6. The van der Waals surface area contributed by atoms with E-state index >= 15 is 0 Å². The van der Waals surface area contributed by atoms with Gasteiger partial charge in [0.1, 0.15) is 0 Å². The zero-order valence-electron chi connectivity index (χ0n) is 10.9. The van der Waals surface area contributed by atoms with Gasteiger partial charge in [-0.05, 0) is 38.0 Å². The van der Waals surface area contributed by atoms with E-state index in [2.05, 4.69) is 31.3 Å². The highest BCUT2D eigenvalue weighted by molar-refractivity contribution is 7.13. The third kappa shape index (κ3) is 4.12. The summed E-state index contributed by atoms with van der Waals surface area (Å²) in [5, 5.41) is 16.0. The molecule has 0 aliphatic carbocycles. The molecule has 0 amide bonds. The van der Waals surface area contributed by atoms with E-state index in [1.54, 1.807) is 6.07 Å². The molecule has 2 rings (SSSR count). The van der Waals surface area contributed by atoms with Gasteiger partial charge in [-0.2, -0.15) is 0 Å². The molecule has 0 bridgehead atoms. The fourth-order valence-electron chi connectivity index (χ4n) is 1.81. The van der Waals surface area contributed by atoms with Gasteiger partial charge in [-0.3, -0.25) is 10.1 Å². The van der Waals surface area contributed by atoms with Crippen molar-refractivity contribution in [2.45, 2.75) is 32.9 Å². The SMILES string of the molecule is Cc1ccc(CC(C)NCc2csc([N+](=O)[O-])c2)s1. The number of nitro groups is 1. The Morgan fingerprint density at radius 1 is 1.47 bits per heavy atom. The van der Waals surface area contributed by atoms with Crippen molar-refractivity contribution >= 4 is 27.7 Å². The first-order valence-corrected chi connectivity index (χ1v) is 7.74. The van der Waals surface area contributed by atoms with E-state index in [0.717, 1.165) is 12.0 Å². The number of nitrogens with zero attached hydrogens (tertiary/aromatic N) is 1. The second-order valence-corrected chi connectivity index (χ2v) is 6.81. The summed E-state index contributed by atoms with van der Waals surface area (Å²) in [6.45, 7) is 4.92. The molecule has 0 saturated heterocycles. The molecule has 1 unspecified atom stereocenters. The van der Waals surface area contributed by atoms with Crippen LogP contribution >= 0.6 is 22.7 Å². The molecule has 0 aliphatic heterocycles. The van der Waals surface area contributed by atoms with Crippen LogP contribution in [0, 0.1) is 17.0 Å². The van der Waals surface area contributed by atoms with Crippen molar-refractivity contribution in [1.29, 1.82) is 0 Å². The van der Waals surface area contributed by atoms with Crippen LogP contribution in [-0.4, -0.2) is 11.0 Å². The van der Waals surface area contributed by atoms with Crippen LogP contribution in [0.4, 0.5) is 5.00 Å². The van der Waals surface area contributed by atoms with Crippen molar-refractivity contribution in [3.8, 4) is 0 Å². The lowest BCUT2D eigenvalue weighted by Crippen LogP contribution is -2.27. The van der Waals surface area contributed by atoms with Crippen LogP contribution in [0.3, 0.4) is 0 Å². The zero-order chi connectivity index (χ0) is 13.8. The third-order valence-corrected chi connectivity index (χ3v) is 4.73. The van der Waals surface area contributed by atoms with Gasteiger partial charge in [0.2, 0.25) is 0 Å². The summed E-state index contributed by atoms with van der Waals surface area (Å²) < 4.78 is 0. The van der Waals surface area contributed by atoms with E-state index in [0.29, 0.717) is 12.6 Å². The minimum Gasteiger partial charge on any atom is -0.310 e. The van der Waals surface area contributed by atoms with E-state index < -0.39 is 0 Å². The van der Waals surface area contributed by atoms with Crippen LogP contribution in [0.2, 0.25) is 0 Å². The maximum atomic E-state index is 10.6. The highest BCUT2D eigenvalue weighted by atomic mass is 32.1. The van der Waals surface area contributed by atoms with Gasteiger partial charge in [0.05, 0.1) is 4.92 Å². The third-order valence-electron chi connectivity index (χ3n) is 2.78. The summed E-state index contributed by atoms with van der Waals surface area (Å²) >= 11 is 3.00. The molecule has 0 spiro atoms. The second kappa shape index (κ2) is 6.27. The van der Waals surface area contributed by atoms with Crippen molar-refractivity contribution in [2.24, 2.45) is 0 Å². The molecule has 0 saturated carbocycles. The molecule has 2 aromatic rings. The Morgan fingerprint density at radius 3 is 2.84 bits per heavy atom. The minimum absolute atomic E-state index is 0.207. The van der Waals surface area contributed by atoms with Crippen LogP contribution < -0.4 is 5.32 Å². The smallest absolute Gasteiger partial charge is 0.310 e. The summed E-state index contributed by atoms with van der Waals surface area (Å²) in [5.74, 6) is 0. The van der Waals surface area contributed by atoms with Crippen molar-refractivity contribution in [1.82, 2.24) is 5.32 Å². The summed E-state index contributed by atoms with van der Waals surface area (Å²) in [7, 11) is 0. The molecular weight excluding hydrogens is 280 g/mol. The van der Waals surface area contributed by atoms with Crippen LogP contribution in [0.1, 0.15) is 22.2 Å². The quantitative estimate of drug-likeness (QED) is 0.652. The largest absolute Gasteiger partial charge is 0.324 e. The molecule has 0 fully saturated rings. The normalized spacial score (nSPS) is 12.5. The van der Waals surface area contributed by atoms with Crippen molar-refractivity contribution in [3.63, 3.8) is 0 Å². The highest BCUT2D eigenvalue weighted by Gasteiger charge is 2.10. The standard InChI is InChI=1S/C13H16N2O2S2/c1-9(5-12-4-3-10(2)19-12)14-7-11-6-13(15(16)17)18-8-11/h3-4,6,8-9,14H,5,7H2,1-2H3. The van der Waals surface area contributed by atoms with E-state index in [1.807, 2.05) is 16.7 Å². The molecule has 6 heteroatoms. The van der Waals surface area contributed by atoms with Crippen molar-refractivity contribution in [3.05, 3.63) is 49.0 Å². The summed E-state index contributed by atoms with van der Waals surface area (Å²) in [6.07, 6.45) is 0.991. The summed E-state index contributed by atoms with van der Waals surface area (Å²) in [4.78, 5) is 13.0. The van der Waals surface area contributed by atoms with Crippen molar-refractivity contribution < 1.29 is 4.92 Å². The number of aryl methyl sites for hydroxylation is 1. The Bertz CT molecular complexity index is 562. The van der Waals surface area contributed by atoms with Gasteiger partial charge in [0, 0.05) is 33.8 Å². The molecule has 19 heavy (non-hydrogen) atoms.